The van der Waals surface area contributed by atoms with Crippen LogP contribution in [0.15, 0.2) is 54.2 Å². The van der Waals surface area contributed by atoms with Gasteiger partial charge in [-0.15, -0.1) is 22.7 Å². The maximum Gasteiger partial charge on any atom is 0.269 e. The minimum absolute atomic E-state index is 0.0992. The number of nitrogens with one attached hydrogen (secondary N) is 1. The largest absolute Gasteiger partial charge is 0.397 e. The number of nitrogen functional groups attached to an aromatic ring is 2. The highest BCUT2D eigenvalue weighted by Crippen LogP contribution is 2.43. The van der Waals surface area contributed by atoms with Crippen LogP contribution in [0.1, 0.15) is 40.6 Å². The molecule has 0 bridgehead atoms. The number of hydrogen-bond donors (Lipinski definition) is 3. The van der Waals surface area contributed by atoms with Crippen LogP contribution in [0.25, 0.3) is 32.6 Å². The number of carbonyl (C=O) groups is 1. The van der Waals surface area contributed by atoms with Crippen LogP contribution in [-0.4, -0.2) is 20.9 Å². The molecule has 0 fully saturated rings. The van der Waals surface area contributed by atoms with Crippen molar-refractivity contribution in [2.75, 3.05) is 16.8 Å². The summed E-state index contributed by atoms with van der Waals surface area (Å²) in [4.78, 5) is 27.0. The topological polar surface area (TPSA) is 144 Å². The van der Waals surface area contributed by atoms with Crippen molar-refractivity contribution in [3.8, 4) is 28.5 Å². The molecule has 1 aromatic carbocycles. The first kappa shape index (κ1) is 23.4. The molecular formula is C26H21N7OS2. The molecule has 4 aromatic heterocycles. The van der Waals surface area contributed by atoms with Gasteiger partial charge < -0.3 is 11.5 Å². The summed E-state index contributed by atoms with van der Waals surface area (Å²) in [5, 5.41) is 15.5. The zero-order valence-electron chi connectivity index (χ0n) is 19.4. The number of nitrogens with two attached hydrogens (primary N) is 2. The predicted octanol–water partition coefficient (Wildman–Crippen LogP) is 5.89. The lowest BCUT2D eigenvalue weighted by molar-refractivity contribution is 0.103. The summed E-state index contributed by atoms with van der Waals surface area (Å²) in [5.74, 6) is 0.0611. The van der Waals surface area contributed by atoms with E-state index < -0.39 is 5.91 Å². The molecule has 1 amide bonds. The van der Waals surface area contributed by atoms with Crippen molar-refractivity contribution in [3.63, 3.8) is 0 Å². The highest BCUT2D eigenvalue weighted by Gasteiger charge is 2.25. The average Bonchev–Trinajstić information content (AvgIpc) is 3.48. The number of rotatable bonds is 5. The summed E-state index contributed by atoms with van der Waals surface area (Å²) in [6, 6.07) is 13.8. The summed E-state index contributed by atoms with van der Waals surface area (Å²) >= 11 is 2.44. The Hall–Kier alpha value is -4.33. The van der Waals surface area contributed by atoms with E-state index in [2.05, 4.69) is 40.2 Å². The summed E-state index contributed by atoms with van der Waals surface area (Å²) < 4.78 is 0. The van der Waals surface area contributed by atoms with Crippen molar-refractivity contribution in [1.29, 1.82) is 5.26 Å². The van der Waals surface area contributed by atoms with Gasteiger partial charge in [0, 0.05) is 34.3 Å². The number of hydrogen-bond acceptors (Lipinski definition) is 9. The second-order valence-electron chi connectivity index (χ2n) is 8.39. The van der Waals surface area contributed by atoms with Gasteiger partial charge in [-0.25, -0.2) is 9.97 Å². The van der Waals surface area contributed by atoms with Gasteiger partial charge in [-0.3, -0.25) is 15.1 Å². The highest BCUT2D eigenvalue weighted by molar-refractivity contribution is 7.21. The van der Waals surface area contributed by atoms with E-state index in [9.17, 15) is 10.1 Å². The smallest absolute Gasteiger partial charge is 0.269 e. The van der Waals surface area contributed by atoms with Gasteiger partial charge in [0.25, 0.3) is 5.91 Å². The molecule has 0 unspecified atom stereocenters. The quantitative estimate of drug-likeness (QED) is 0.267. The molecule has 178 valence electrons. The molecule has 5 aromatic rings. The Kier molecular flexibility index (Phi) is 6.10. The fourth-order valence-corrected chi connectivity index (χ4v) is 5.63. The number of thiophene rings is 1. The van der Waals surface area contributed by atoms with E-state index in [-0.39, 0.29) is 21.9 Å². The standard InChI is InChI=1S/C26H21N7OS2/c1-13(2)14-5-7-15(8-6-14)19-17(10-27)23(29)32-25-20(19)21(28)22(36-25)24(34)33-26-31-18(12-35-26)16-4-3-9-30-11-16/h3-9,11-13H,28H2,1-2H3,(H2,29,32)(H,31,33,34). The van der Waals surface area contributed by atoms with Crippen LogP contribution in [0, 0.1) is 11.3 Å². The third-order valence-electron chi connectivity index (χ3n) is 5.77. The van der Waals surface area contributed by atoms with E-state index in [1.807, 2.05) is 41.8 Å². The Bertz CT molecular complexity index is 1630. The number of thiazole rings is 1. The van der Waals surface area contributed by atoms with E-state index in [0.29, 0.717) is 32.5 Å². The van der Waals surface area contributed by atoms with Crippen molar-refractivity contribution in [2.24, 2.45) is 0 Å². The number of nitrogens with zero attached hydrogens (tertiary/aromatic N) is 4. The number of anilines is 3. The molecule has 5 N–H and O–H groups in total. The highest BCUT2D eigenvalue weighted by atomic mass is 32.1. The molecule has 10 heteroatoms. The van der Waals surface area contributed by atoms with E-state index in [1.165, 1.54) is 16.9 Å². The van der Waals surface area contributed by atoms with Crippen LogP contribution < -0.4 is 16.8 Å². The number of pyridine rings is 2. The molecule has 0 aliphatic heterocycles. The molecule has 0 atom stereocenters. The van der Waals surface area contributed by atoms with E-state index in [1.54, 1.807) is 12.4 Å². The molecule has 0 saturated carbocycles. The summed E-state index contributed by atoms with van der Waals surface area (Å²) in [7, 11) is 0. The molecule has 5 rings (SSSR count). The number of carbonyl (C=O) groups excluding carboxylic acids is 1. The molecular weight excluding hydrogens is 490 g/mol. The molecule has 0 spiro atoms. The fraction of sp³-hybridized carbons (Fsp3) is 0.115. The van der Waals surface area contributed by atoms with Gasteiger partial charge in [0.2, 0.25) is 0 Å². The van der Waals surface area contributed by atoms with Crippen LogP contribution in [0.5, 0.6) is 0 Å². The van der Waals surface area contributed by atoms with Crippen LogP contribution in [-0.2, 0) is 0 Å². The summed E-state index contributed by atoms with van der Waals surface area (Å²) in [6.07, 6.45) is 3.40. The molecule has 0 aliphatic carbocycles. The van der Waals surface area contributed by atoms with Crippen molar-refractivity contribution < 1.29 is 4.79 Å². The summed E-state index contributed by atoms with van der Waals surface area (Å²) in [5.41, 5.74) is 17.3. The number of nitriles is 1. The number of fused-ring (bicyclic) bond motifs is 1. The minimum Gasteiger partial charge on any atom is -0.397 e. The van der Waals surface area contributed by atoms with Crippen molar-refractivity contribution in [2.45, 2.75) is 19.8 Å². The SMILES string of the molecule is CC(C)c1ccc(-c2c(C#N)c(N)nc3sc(C(=O)Nc4nc(-c5cccnc5)cs4)c(N)c23)cc1. The molecule has 0 saturated heterocycles. The molecule has 36 heavy (non-hydrogen) atoms. The monoisotopic (exact) mass is 511 g/mol. The molecule has 0 aliphatic rings. The fourth-order valence-electron chi connectivity index (χ4n) is 3.91. The Morgan fingerprint density at radius 3 is 2.56 bits per heavy atom. The first-order valence-corrected chi connectivity index (χ1v) is 12.8. The Morgan fingerprint density at radius 2 is 1.89 bits per heavy atom. The van der Waals surface area contributed by atoms with Crippen molar-refractivity contribution in [1.82, 2.24) is 15.0 Å². The zero-order valence-corrected chi connectivity index (χ0v) is 21.1. The Morgan fingerprint density at radius 1 is 1.11 bits per heavy atom. The lowest BCUT2D eigenvalue weighted by atomic mass is 9.94. The third kappa shape index (κ3) is 4.15. The Labute approximate surface area is 215 Å². The maximum atomic E-state index is 13.2. The van der Waals surface area contributed by atoms with E-state index in [0.717, 1.165) is 22.5 Å². The molecule has 8 nitrogen and oxygen atoms in total. The van der Waals surface area contributed by atoms with Crippen LogP contribution in [0.4, 0.5) is 16.6 Å². The minimum atomic E-state index is -0.402. The first-order valence-electron chi connectivity index (χ1n) is 11.1. The summed E-state index contributed by atoms with van der Waals surface area (Å²) in [6.45, 7) is 4.23. The van der Waals surface area contributed by atoms with Crippen molar-refractivity contribution >= 4 is 55.4 Å². The normalized spacial score (nSPS) is 11.1. The van der Waals surface area contributed by atoms with Gasteiger partial charge in [0.05, 0.1) is 11.4 Å². The molecule has 0 radical (unpaired) electrons. The van der Waals surface area contributed by atoms with Gasteiger partial charge in [-0.1, -0.05) is 38.1 Å². The van der Waals surface area contributed by atoms with Gasteiger partial charge in [-0.2, -0.15) is 5.26 Å². The number of benzene rings is 1. The van der Waals surface area contributed by atoms with Crippen LogP contribution in [0.3, 0.4) is 0 Å². The van der Waals surface area contributed by atoms with Crippen LogP contribution in [0.2, 0.25) is 0 Å². The lowest BCUT2D eigenvalue weighted by Crippen LogP contribution is -2.11. The van der Waals surface area contributed by atoms with E-state index >= 15 is 0 Å². The third-order valence-corrected chi connectivity index (χ3v) is 7.63. The number of amides is 1. The first-order chi connectivity index (χ1) is 17.4. The molecule has 4 heterocycles. The van der Waals surface area contributed by atoms with Crippen molar-refractivity contribution in [3.05, 3.63) is 70.2 Å². The van der Waals surface area contributed by atoms with Gasteiger partial charge in [0.15, 0.2) is 5.13 Å². The second-order valence-corrected chi connectivity index (χ2v) is 10.3. The zero-order chi connectivity index (χ0) is 25.4. The maximum absolute atomic E-state index is 13.2. The number of aromatic nitrogens is 3. The Balaban J connectivity index is 1.55. The van der Waals surface area contributed by atoms with Gasteiger partial charge in [0.1, 0.15) is 27.2 Å². The van der Waals surface area contributed by atoms with Gasteiger partial charge >= 0.3 is 0 Å². The predicted molar refractivity (Wildman–Crippen MR) is 146 cm³/mol. The van der Waals surface area contributed by atoms with Gasteiger partial charge in [-0.05, 0) is 29.2 Å². The lowest BCUT2D eigenvalue weighted by Gasteiger charge is -2.11. The second kappa shape index (κ2) is 9.37. The van der Waals surface area contributed by atoms with Crippen LogP contribution >= 0.6 is 22.7 Å². The van der Waals surface area contributed by atoms with E-state index in [4.69, 9.17) is 11.5 Å². The average molecular weight is 512 g/mol.